The summed E-state index contributed by atoms with van der Waals surface area (Å²) in [6.45, 7) is 3.29. The lowest BCUT2D eigenvalue weighted by atomic mass is 9.91. The molecule has 0 fully saturated rings. The number of pyridine rings is 1. The van der Waals surface area contributed by atoms with Gasteiger partial charge in [0.2, 0.25) is 0 Å². The van der Waals surface area contributed by atoms with E-state index in [0.717, 1.165) is 31.2 Å². The van der Waals surface area contributed by atoms with Crippen molar-refractivity contribution in [3.05, 3.63) is 53.3 Å². The van der Waals surface area contributed by atoms with Gasteiger partial charge < -0.3 is 20.1 Å². The van der Waals surface area contributed by atoms with Crippen LogP contribution in [0.25, 0.3) is 0 Å². The molecule has 0 bridgehead atoms. The summed E-state index contributed by atoms with van der Waals surface area (Å²) in [5.41, 5.74) is 9.14. The topological polar surface area (TPSA) is 77.7 Å². The molecule has 6 nitrogen and oxygen atoms in total. The van der Waals surface area contributed by atoms with Crippen molar-refractivity contribution in [3.8, 4) is 11.5 Å². The highest BCUT2D eigenvalue weighted by Gasteiger charge is 2.30. The third-order valence-corrected chi connectivity index (χ3v) is 5.40. The molecule has 1 amide bonds. The van der Waals surface area contributed by atoms with Crippen LogP contribution in [0.3, 0.4) is 0 Å². The molecular formula is C22H29N3O3. The summed E-state index contributed by atoms with van der Waals surface area (Å²) in [4.78, 5) is 18.7. The van der Waals surface area contributed by atoms with Crippen molar-refractivity contribution in [2.75, 3.05) is 20.8 Å². The molecule has 1 aliphatic rings. The number of rotatable bonds is 9. The summed E-state index contributed by atoms with van der Waals surface area (Å²) in [6, 6.07) is 7.74. The Kier molecular flexibility index (Phi) is 6.19. The zero-order valence-electron chi connectivity index (χ0n) is 16.9. The van der Waals surface area contributed by atoms with Gasteiger partial charge in [0.1, 0.15) is 0 Å². The Morgan fingerprint density at radius 1 is 1.14 bits per heavy atom. The molecule has 2 N–H and O–H groups in total. The van der Waals surface area contributed by atoms with E-state index >= 15 is 0 Å². The van der Waals surface area contributed by atoms with Gasteiger partial charge in [-0.1, -0.05) is 0 Å². The van der Waals surface area contributed by atoms with Gasteiger partial charge in [0.15, 0.2) is 11.5 Å². The molecule has 2 heterocycles. The summed E-state index contributed by atoms with van der Waals surface area (Å²) in [6.07, 6.45) is 7.31. The molecule has 3 rings (SSSR count). The Morgan fingerprint density at radius 3 is 2.50 bits per heavy atom. The minimum atomic E-state index is -0.308. The molecule has 0 saturated heterocycles. The van der Waals surface area contributed by atoms with Crippen LogP contribution in [0, 0.1) is 0 Å². The predicted molar refractivity (Wildman–Crippen MR) is 109 cm³/mol. The van der Waals surface area contributed by atoms with Gasteiger partial charge in [-0.2, -0.15) is 0 Å². The molecule has 1 aromatic carbocycles. The lowest BCUT2D eigenvalue weighted by molar-refractivity contribution is 0.0766. The third kappa shape index (κ3) is 4.62. The van der Waals surface area contributed by atoms with E-state index in [1.165, 1.54) is 5.56 Å². The number of nitrogens with zero attached hydrogens (tertiary/aromatic N) is 2. The first-order chi connectivity index (χ1) is 13.4. The summed E-state index contributed by atoms with van der Waals surface area (Å²) in [7, 11) is 3.18. The Balaban J connectivity index is 1.54. The van der Waals surface area contributed by atoms with Crippen LogP contribution in [0.4, 0.5) is 0 Å². The Morgan fingerprint density at radius 2 is 1.82 bits per heavy atom. The second-order valence-corrected chi connectivity index (χ2v) is 7.70. The van der Waals surface area contributed by atoms with Gasteiger partial charge in [-0.15, -0.1) is 0 Å². The second kappa shape index (κ2) is 8.61. The molecular weight excluding hydrogens is 354 g/mol. The highest BCUT2D eigenvalue weighted by Crippen LogP contribution is 2.35. The molecule has 28 heavy (non-hydrogen) atoms. The van der Waals surface area contributed by atoms with Crippen LogP contribution in [0.2, 0.25) is 0 Å². The Bertz CT molecular complexity index is 821. The molecule has 6 heteroatoms. The van der Waals surface area contributed by atoms with Crippen LogP contribution in [0.1, 0.15) is 47.7 Å². The quantitative estimate of drug-likeness (QED) is 0.720. The van der Waals surface area contributed by atoms with Crippen LogP contribution in [0.5, 0.6) is 11.5 Å². The summed E-state index contributed by atoms with van der Waals surface area (Å²) < 4.78 is 10.7. The number of benzene rings is 1. The monoisotopic (exact) mass is 383 g/mol. The number of fused-ring (bicyclic) bond motifs is 1. The maximum atomic E-state index is 12.8. The Hall–Kier alpha value is -2.60. The first-order valence-electron chi connectivity index (χ1n) is 9.65. The van der Waals surface area contributed by atoms with Crippen LogP contribution in [-0.2, 0) is 13.0 Å². The standard InChI is InChI=1S/C22H29N3O3/c1-22(23,8-4-5-16-6-10-24-11-7-16)9-12-25-15-17-13-19(27-2)20(28-3)14-18(17)21(25)26/h6-7,10-11,13-14H,4-5,8-9,12,15,23H2,1-3H3. The van der Waals surface area contributed by atoms with Crippen molar-refractivity contribution in [2.45, 2.75) is 44.7 Å². The van der Waals surface area contributed by atoms with Crippen molar-refractivity contribution in [3.63, 3.8) is 0 Å². The maximum Gasteiger partial charge on any atom is 0.254 e. The predicted octanol–water partition coefficient (Wildman–Crippen LogP) is 3.19. The van der Waals surface area contributed by atoms with Gasteiger partial charge in [-0.25, -0.2) is 0 Å². The molecule has 0 saturated carbocycles. The van der Waals surface area contributed by atoms with Gasteiger partial charge in [0.05, 0.1) is 14.2 Å². The fourth-order valence-electron chi connectivity index (χ4n) is 3.64. The van der Waals surface area contributed by atoms with Crippen molar-refractivity contribution in [1.29, 1.82) is 0 Å². The Labute approximate surface area is 166 Å². The minimum absolute atomic E-state index is 0.0311. The van der Waals surface area contributed by atoms with Crippen LogP contribution >= 0.6 is 0 Å². The van der Waals surface area contributed by atoms with E-state index in [4.69, 9.17) is 15.2 Å². The molecule has 0 spiro atoms. The fraction of sp³-hybridized carbons (Fsp3) is 0.455. The normalized spacial score (nSPS) is 15.3. The number of nitrogens with two attached hydrogens (primary N) is 1. The largest absolute Gasteiger partial charge is 0.493 e. The number of aryl methyl sites for hydroxylation is 1. The molecule has 0 aliphatic carbocycles. The smallest absolute Gasteiger partial charge is 0.254 e. The van der Waals surface area contributed by atoms with Crippen molar-refractivity contribution in [2.24, 2.45) is 5.73 Å². The number of hydrogen-bond acceptors (Lipinski definition) is 5. The molecule has 1 aromatic heterocycles. The van der Waals surface area contributed by atoms with Gasteiger partial charge in [-0.3, -0.25) is 9.78 Å². The number of hydrogen-bond donors (Lipinski definition) is 1. The zero-order chi connectivity index (χ0) is 20.1. The van der Waals surface area contributed by atoms with Crippen LogP contribution in [0.15, 0.2) is 36.7 Å². The van der Waals surface area contributed by atoms with Gasteiger partial charge in [-0.05, 0) is 68.0 Å². The molecule has 0 radical (unpaired) electrons. The number of carbonyl (C=O) groups excluding carboxylic acids is 1. The van der Waals surface area contributed by atoms with Crippen LogP contribution < -0.4 is 15.2 Å². The highest BCUT2D eigenvalue weighted by atomic mass is 16.5. The third-order valence-electron chi connectivity index (χ3n) is 5.40. The van der Waals surface area contributed by atoms with E-state index < -0.39 is 0 Å². The summed E-state index contributed by atoms with van der Waals surface area (Å²) >= 11 is 0. The van der Waals surface area contributed by atoms with E-state index in [-0.39, 0.29) is 11.4 Å². The van der Waals surface area contributed by atoms with E-state index in [1.807, 2.05) is 35.5 Å². The van der Waals surface area contributed by atoms with Gasteiger partial charge in [0.25, 0.3) is 5.91 Å². The number of ether oxygens (including phenoxy) is 2. The summed E-state index contributed by atoms with van der Waals surface area (Å²) in [5.74, 6) is 1.26. The molecule has 1 atom stereocenters. The van der Waals surface area contributed by atoms with Crippen molar-refractivity contribution < 1.29 is 14.3 Å². The lowest BCUT2D eigenvalue weighted by Gasteiger charge is -2.27. The molecule has 1 unspecified atom stereocenters. The zero-order valence-corrected chi connectivity index (χ0v) is 16.9. The van der Waals surface area contributed by atoms with Crippen molar-refractivity contribution >= 4 is 5.91 Å². The average molecular weight is 383 g/mol. The molecule has 150 valence electrons. The number of carbonyl (C=O) groups is 1. The molecule has 1 aliphatic heterocycles. The number of amides is 1. The minimum Gasteiger partial charge on any atom is -0.493 e. The van der Waals surface area contributed by atoms with E-state index in [2.05, 4.69) is 11.9 Å². The van der Waals surface area contributed by atoms with E-state index in [1.54, 1.807) is 20.3 Å². The van der Waals surface area contributed by atoms with Gasteiger partial charge in [0, 0.05) is 36.6 Å². The van der Waals surface area contributed by atoms with E-state index in [9.17, 15) is 4.79 Å². The highest BCUT2D eigenvalue weighted by molar-refractivity contribution is 5.99. The first-order valence-corrected chi connectivity index (χ1v) is 9.65. The fourth-order valence-corrected chi connectivity index (χ4v) is 3.64. The second-order valence-electron chi connectivity index (χ2n) is 7.70. The average Bonchev–Trinajstić information content (AvgIpc) is 3.01. The van der Waals surface area contributed by atoms with Crippen LogP contribution in [-0.4, -0.2) is 42.1 Å². The summed E-state index contributed by atoms with van der Waals surface area (Å²) in [5, 5.41) is 0. The van der Waals surface area contributed by atoms with Crippen molar-refractivity contribution in [1.82, 2.24) is 9.88 Å². The first kappa shape index (κ1) is 20.1. The lowest BCUT2D eigenvalue weighted by Crippen LogP contribution is -2.40. The number of methoxy groups -OCH3 is 2. The maximum absolute atomic E-state index is 12.8. The van der Waals surface area contributed by atoms with Gasteiger partial charge >= 0.3 is 0 Å². The molecule has 2 aromatic rings. The number of aromatic nitrogens is 1. The van der Waals surface area contributed by atoms with E-state index in [0.29, 0.717) is 30.2 Å². The SMILES string of the molecule is COc1cc2c(cc1OC)C(=O)N(CCC(C)(N)CCCc1ccncc1)C2.